The van der Waals surface area contributed by atoms with Gasteiger partial charge >= 0.3 is 0 Å². The quantitative estimate of drug-likeness (QED) is 0.848. The highest BCUT2D eigenvalue weighted by Crippen LogP contribution is 2.25. The molecular formula is C11H16N6O. The summed E-state index contributed by atoms with van der Waals surface area (Å²) in [4.78, 5) is 8.05. The molecule has 2 aromatic rings. The molecule has 2 aromatic heterocycles. The highest BCUT2D eigenvalue weighted by atomic mass is 16.5. The van der Waals surface area contributed by atoms with Crippen LogP contribution in [0.5, 0.6) is 5.88 Å². The number of nitrogen functional groups attached to an aromatic ring is 1. The fourth-order valence-corrected chi connectivity index (χ4v) is 2.39. The van der Waals surface area contributed by atoms with Crippen molar-refractivity contribution in [1.29, 1.82) is 0 Å². The number of nitrogens with two attached hydrogens (primary N) is 1. The van der Waals surface area contributed by atoms with Crippen LogP contribution in [-0.4, -0.2) is 32.0 Å². The van der Waals surface area contributed by atoms with E-state index in [2.05, 4.69) is 25.4 Å². The molecule has 0 aliphatic heterocycles. The van der Waals surface area contributed by atoms with Gasteiger partial charge in [0.2, 0.25) is 17.5 Å². The van der Waals surface area contributed by atoms with Gasteiger partial charge in [0.1, 0.15) is 0 Å². The van der Waals surface area contributed by atoms with Crippen molar-refractivity contribution < 1.29 is 4.74 Å². The summed E-state index contributed by atoms with van der Waals surface area (Å²) in [5, 5.41) is 10.4. The number of nitrogens with zero attached hydrogens (tertiary/aromatic N) is 4. The molecule has 1 fully saturated rings. The first-order valence-corrected chi connectivity index (χ1v) is 6.30. The Morgan fingerprint density at radius 1 is 1.17 bits per heavy atom. The molecule has 0 saturated heterocycles. The number of hydrogen-bond acceptors (Lipinski definition) is 6. The first-order valence-electron chi connectivity index (χ1n) is 6.30. The Balaban J connectivity index is 1.75. The summed E-state index contributed by atoms with van der Waals surface area (Å²) >= 11 is 0. The molecule has 0 unspecified atom stereocenters. The number of aromatic nitrogens is 5. The Labute approximate surface area is 104 Å². The van der Waals surface area contributed by atoms with Gasteiger partial charge in [-0.05, 0) is 18.8 Å². The molecule has 1 aliphatic carbocycles. The Morgan fingerprint density at radius 3 is 2.83 bits per heavy atom. The fraction of sp³-hybridized carbons (Fsp3) is 0.636. The van der Waals surface area contributed by atoms with E-state index in [9.17, 15) is 0 Å². The summed E-state index contributed by atoms with van der Waals surface area (Å²) in [7, 11) is 0. The van der Waals surface area contributed by atoms with Crippen LogP contribution in [0.25, 0.3) is 11.2 Å². The van der Waals surface area contributed by atoms with Crippen molar-refractivity contribution in [2.75, 3.05) is 12.3 Å². The second-order valence-electron chi connectivity index (χ2n) is 4.70. The third kappa shape index (κ3) is 2.20. The fourth-order valence-electron chi connectivity index (χ4n) is 2.39. The van der Waals surface area contributed by atoms with Gasteiger partial charge in [-0.3, -0.25) is 0 Å². The van der Waals surface area contributed by atoms with Gasteiger partial charge in [0.15, 0.2) is 5.52 Å². The lowest BCUT2D eigenvalue weighted by atomic mass is 9.90. The molecule has 0 spiro atoms. The zero-order valence-corrected chi connectivity index (χ0v) is 10.1. The lowest BCUT2D eigenvalue weighted by Crippen LogP contribution is -2.16. The van der Waals surface area contributed by atoms with Crippen LogP contribution in [0.4, 0.5) is 5.95 Å². The summed E-state index contributed by atoms with van der Waals surface area (Å²) in [5.74, 6) is 1.20. The van der Waals surface area contributed by atoms with Crippen molar-refractivity contribution in [3.05, 3.63) is 0 Å². The second kappa shape index (κ2) is 4.75. The second-order valence-corrected chi connectivity index (χ2v) is 4.70. The molecule has 7 nitrogen and oxygen atoms in total. The van der Waals surface area contributed by atoms with Crippen LogP contribution in [0.3, 0.4) is 0 Å². The van der Waals surface area contributed by atoms with Gasteiger partial charge in [-0.2, -0.15) is 15.2 Å². The van der Waals surface area contributed by atoms with Gasteiger partial charge in [0, 0.05) is 0 Å². The third-order valence-corrected chi connectivity index (χ3v) is 3.35. The minimum atomic E-state index is 0.162. The van der Waals surface area contributed by atoms with Crippen molar-refractivity contribution >= 4 is 17.1 Å². The normalized spacial score (nSPS) is 17.1. The van der Waals surface area contributed by atoms with Crippen molar-refractivity contribution in [2.45, 2.75) is 32.1 Å². The minimum absolute atomic E-state index is 0.162. The van der Waals surface area contributed by atoms with E-state index < -0.39 is 0 Å². The van der Waals surface area contributed by atoms with Gasteiger partial charge < -0.3 is 10.5 Å². The van der Waals surface area contributed by atoms with Crippen LogP contribution in [0.2, 0.25) is 0 Å². The summed E-state index contributed by atoms with van der Waals surface area (Å²) < 4.78 is 5.74. The first kappa shape index (κ1) is 11.2. The van der Waals surface area contributed by atoms with E-state index in [1.807, 2.05) is 0 Å². The summed E-state index contributed by atoms with van der Waals surface area (Å²) in [5.41, 5.74) is 6.60. The van der Waals surface area contributed by atoms with E-state index in [4.69, 9.17) is 10.5 Å². The van der Waals surface area contributed by atoms with Crippen molar-refractivity contribution in [3.63, 3.8) is 0 Å². The average molecular weight is 248 g/mol. The third-order valence-electron chi connectivity index (χ3n) is 3.35. The number of ether oxygens (including phenoxy) is 1. The largest absolute Gasteiger partial charge is 0.476 e. The van der Waals surface area contributed by atoms with Crippen molar-refractivity contribution in [3.8, 4) is 5.88 Å². The summed E-state index contributed by atoms with van der Waals surface area (Å²) in [6.45, 7) is 0.665. The van der Waals surface area contributed by atoms with E-state index in [1.54, 1.807) is 0 Å². The number of rotatable bonds is 3. The molecule has 2 heterocycles. The summed E-state index contributed by atoms with van der Waals surface area (Å²) in [6.07, 6.45) is 6.37. The Bertz CT molecular complexity index is 533. The number of anilines is 1. The minimum Gasteiger partial charge on any atom is -0.476 e. The summed E-state index contributed by atoms with van der Waals surface area (Å²) in [6, 6.07) is 0. The molecule has 1 aliphatic rings. The van der Waals surface area contributed by atoms with Crippen LogP contribution in [0.1, 0.15) is 32.1 Å². The molecule has 0 aromatic carbocycles. The molecule has 0 bridgehead atoms. The molecule has 3 N–H and O–H groups in total. The highest BCUT2D eigenvalue weighted by molar-refractivity contribution is 5.75. The van der Waals surface area contributed by atoms with E-state index in [0.29, 0.717) is 29.6 Å². The number of H-pyrrole nitrogens is 1. The van der Waals surface area contributed by atoms with E-state index in [0.717, 1.165) is 0 Å². The number of fused-ring (bicyclic) bond motifs is 1. The first-order chi connectivity index (χ1) is 8.83. The van der Waals surface area contributed by atoms with Crippen LogP contribution >= 0.6 is 0 Å². The molecule has 0 amide bonds. The average Bonchev–Trinajstić information content (AvgIpc) is 2.85. The maximum atomic E-state index is 5.74. The van der Waals surface area contributed by atoms with Crippen molar-refractivity contribution in [2.24, 2.45) is 5.92 Å². The van der Waals surface area contributed by atoms with Gasteiger partial charge in [-0.1, -0.05) is 19.3 Å². The Kier molecular flexibility index (Phi) is 2.95. The molecule has 18 heavy (non-hydrogen) atoms. The van der Waals surface area contributed by atoms with Crippen molar-refractivity contribution in [1.82, 2.24) is 25.4 Å². The maximum Gasteiger partial charge on any atom is 0.249 e. The van der Waals surface area contributed by atoms with E-state index >= 15 is 0 Å². The standard InChI is InChI=1S/C11H16N6O/c12-11-13-9-8(15-17-16-9)10(14-11)18-6-7-4-2-1-3-5-7/h7H,1-6H2,(H3,12,13,14,15,16,17). The number of aromatic amines is 1. The molecule has 0 radical (unpaired) electrons. The Morgan fingerprint density at radius 2 is 2.00 bits per heavy atom. The lowest BCUT2D eigenvalue weighted by molar-refractivity contribution is 0.205. The zero-order chi connectivity index (χ0) is 12.4. The molecular weight excluding hydrogens is 232 g/mol. The molecule has 96 valence electrons. The topological polar surface area (TPSA) is 103 Å². The predicted molar refractivity (Wildman–Crippen MR) is 66.0 cm³/mol. The molecule has 0 atom stereocenters. The van der Waals surface area contributed by atoms with Crippen LogP contribution in [0.15, 0.2) is 0 Å². The van der Waals surface area contributed by atoms with Crippen LogP contribution < -0.4 is 10.5 Å². The monoisotopic (exact) mass is 248 g/mol. The maximum absolute atomic E-state index is 5.74. The smallest absolute Gasteiger partial charge is 0.249 e. The molecule has 3 rings (SSSR count). The van der Waals surface area contributed by atoms with Gasteiger partial charge in [-0.15, -0.1) is 10.2 Å². The number of hydrogen-bond donors (Lipinski definition) is 2. The SMILES string of the molecule is Nc1nc(OCC2CCCCC2)c2n[nH]nc2n1. The molecule has 1 saturated carbocycles. The van der Waals surface area contributed by atoms with Gasteiger partial charge in [-0.25, -0.2) is 0 Å². The predicted octanol–water partition coefficient (Wildman–Crippen LogP) is 1.29. The zero-order valence-electron chi connectivity index (χ0n) is 10.1. The highest BCUT2D eigenvalue weighted by Gasteiger charge is 2.17. The van der Waals surface area contributed by atoms with Gasteiger partial charge in [0.05, 0.1) is 6.61 Å². The van der Waals surface area contributed by atoms with Crippen LogP contribution in [0, 0.1) is 5.92 Å². The lowest BCUT2D eigenvalue weighted by Gasteiger charge is -2.21. The van der Waals surface area contributed by atoms with E-state index in [-0.39, 0.29) is 5.95 Å². The molecule has 7 heteroatoms. The van der Waals surface area contributed by atoms with Gasteiger partial charge in [0.25, 0.3) is 0 Å². The Hall–Kier alpha value is -1.92. The van der Waals surface area contributed by atoms with Crippen LogP contribution in [-0.2, 0) is 0 Å². The van der Waals surface area contributed by atoms with E-state index in [1.165, 1.54) is 32.1 Å². The number of nitrogens with one attached hydrogen (secondary N) is 1.